The molecule has 0 aliphatic carbocycles. The van der Waals surface area contributed by atoms with Crippen molar-refractivity contribution in [2.45, 2.75) is 6.42 Å². The zero-order valence-electron chi connectivity index (χ0n) is 8.30. The fourth-order valence-electron chi connectivity index (χ4n) is 0.957. The highest BCUT2D eigenvalue weighted by Gasteiger charge is 2.03. The summed E-state index contributed by atoms with van der Waals surface area (Å²) in [6.45, 7) is 0.0961. The maximum Gasteiger partial charge on any atom is 0.549 e. The quantitative estimate of drug-likeness (QED) is 0.463. The Labute approximate surface area is 87.1 Å². The normalized spacial score (nSPS) is 9.47. The lowest BCUT2D eigenvalue weighted by atomic mass is 10.1. The van der Waals surface area contributed by atoms with Crippen LogP contribution in [0, 0.1) is 0 Å². The van der Waals surface area contributed by atoms with Crippen molar-refractivity contribution in [3.63, 3.8) is 0 Å². The second-order valence-corrected chi connectivity index (χ2v) is 2.74. The molecule has 5 nitrogen and oxygen atoms in total. The fourth-order valence-corrected chi connectivity index (χ4v) is 0.957. The number of hydrogen-bond donors (Lipinski definition) is 1. The largest absolute Gasteiger partial charge is 0.549 e. The van der Waals surface area contributed by atoms with Gasteiger partial charge in [-0.2, -0.15) is 4.79 Å². The van der Waals surface area contributed by atoms with Crippen LogP contribution in [0.5, 0.6) is 5.75 Å². The highest BCUT2D eigenvalue weighted by atomic mass is 17.2. The first-order valence-corrected chi connectivity index (χ1v) is 4.38. The number of ether oxygens (including phenoxy) is 1. The topological polar surface area (TPSA) is 65.0 Å². The van der Waals surface area contributed by atoms with E-state index < -0.39 is 6.16 Å². The first kappa shape index (κ1) is 11.3. The van der Waals surface area contributed by atoms with E-state index in [2.05, 4.69) is 14.5 Å². The van der Waals surface area contributed by atoms with Crippen LogP contribution in [0.3, 0.4) is 0 Å². The predicted octanol–water partition coefficient (Wildman–Crippen LogP) is 1.30. The zero-order valence-corrected chi connectivity index (χ0v) is 8.30. The molecule has 0 heterocycles. The Kier molecular flexibility index (Phi) is 4.43. The van der Waals surface area contributed by atoms with Crippen molar-refractivity contribution < 1.29 is 24.4 Å². The van der Waals surface area contributed by atoms with Gasteiger partial charge >= 0.3 is 6.16 Å². The van der Waals surface area contributed by atoms with Gasteiger partial charge < -0.3 is 9.84 Å². The molecule has 0 bridgehead atoms. The van der Waals surface area contributed by atoms with Crippen LogP contribution >= 0.6 is 0 Å². The van der Waals surface area contributed by atoms with E-state index in [9.17, 15) is 4.79 Å². The third-order valence-electron chi connectivity index (χ3n) is 1.70. The number of carbonyl (C=O) groups excluding carboxylic acids is 1. The number of benzene rings is 1. The van der Waals surface area contributed by atoms with Crippen LogP contribution in [-0.4, -0.2) is 25.0 Å². The molecule has 0 saturated carbocycles. The van der Waals surface area contributed by atoms with Crippen LogP contribution in [-0.2, 0) is 16.0 Å². The molecule has 0 amide bonds. The van der Waals surface area contributed by atoms with E-state index in [1.165, 1.54) is 7.11 Å². The minimum Gasteiger partial charge on any atom is -0.435 e. The molecule has 0 atom stereocenters. The molecule has 5 heteroatoms. The van der Waals surface area contributed by atoms with Gasteiger partial charge in [0.1, 0.15) is 0 Å². The number of carbonyl (C=O) groups is 1. The zero-order chi connectivity index (χ0) is 11.1. The van der Waals surface area contributed by atoms with Crippen LogP contribution in [0.15, 0.2) is 24.3 Å². The Morgan fingerprint density at radius 3 is 2.53 bits per heavy atom. The minimum atomic E-state index is -0.908. The molecule has 0 unspecified atom stereocenters. The van der Waals surface area contributed by atoms with E-state index in [0.29, 0.717) is 12.2 Å². The molecule has 0 aromatic heterocycles. The summed E-state index contributed by atoms with van der Waals surface area (Å²) in [5.74, 6) is 0.391. The van der Waals surface area contributed by atoms with Gasteiger partial charge in [-0.15, -0.1) is 0 Å². The molecule has 0 radical (unpaired) electrons. The summed E-state index contributed by atoms with van der Waals surface area (Å²) in [6, 6.07) is 6.81. The molecule has 82 valence electrons. The van der Waals surface area contributed by atoms with E-state index >= 15 is 0 Å². The molecule has 1 aromatic rings. The van der Waals surface area contributed by atoms with Gasteiger partial charge in [0.05, 0.1) is 7.11 Å². The molecular formula is C10H12O5. The minimum absolute atomic E-state index is 0.0961. The summed E-state index contributed by atoms with van der Waals surface area (Å²) >= 11 is 0. The van der Waals surface area contributed by atoms with Crippen molar-refractivity contribution in [3.8, 4) is 5.75 Å². The van der Waals surface area contributed by atoms with Crippen molar-refractivity contribution in [2.75, 3.05) is 13.7 Å². The van der Waals surface area contributed by atoms with Crippen molar-refractivity contribution in [3.05, 3.63) is 29.8 Å². The Hall–Kier alpha value is -1.75. The van der Waals surface area contributed by atoms with Gasteiger partial charge in [0, 0.05) is 6.61 Å². The molecule has 0 fully saturated rings. The summed E-state index contributed by atoms with van der Waals surface area (Å²) in [6.07, 6.45) is -0.326. The number of aliphatic hydroxyl groups excluding tert-OH is 1. The second kappa shape index (κ2) is 5.87. The van der Waals surface area contributed by atoms with Crippen LogP contribution in [0.1, 0.15) is 5.56 Å². The molecule has 1 rings (SSSR count). The standard InChI is InChI=1S/C10H12O5/c1-13-10(12)15-14-9-4-2-8(3-5-9)6-7-11/h2-5,11H,6-7H2,1H3. The van der Waals surface area contributed by atoms with Gasteiger partial charge in [-0.3, -0.25) is 4.89 Å². The molecule has 1 N–H and O–H groups in total. The van der Waals surface area contributed by atoms with E-state index in [0.717, 1.165) is 5.56 Å². The summed E-state index contributed by atoms with van der Waals surface area (Å²) in [4.78, 5) is 19.5. The SMILES string of the molecule is COC(=O)OOc1ccc(CCO)cc1. The molecule has 0 aliphatic heterocycles. The first-order chi connectivity index (χ1) is 7.26. The lowest BCUT2D eigenvalue weighted by Gasteiger charge is -2.03. The van der Waals surface area contributed by atoms with Crippen molar-refractivity contribution in [1.29, 1.82) is 0 Å². The Bertz CT molecular complexity index is 306. The van der Waals surface area contributed by atoms with Crippen LogP contribution in [0.4, 0.5) is 4.79 Å². The molecule has 1 aromatic carbocycles. The van der Waals surface area contributed by atoms with Crippen molar-refractivity contribution in [1.82, 2.24) is 0 Å². The maximum absolute atomic E-state index is 10.6. The highest BCUT2D eigenvalue weighted by Crippen LogP contribution is 2.12. The van der Waals surface area contributed by atoms with Gasteiger partial charge in [-0.25, -0.2) is 4.89 Å². The average Bonchev–Trinajstić information content (AvgIpc) is 2.28. The number of rotatable bonds is 4. The third-order valence-corrected chi connectivity index (χ3v) is 1.70. The molecule has 0 spiro atoms. The molecule has 0 saturated heterocycles. The Morgan fingerprint density at radius 2 is 2.00 bits per heavy atom. The smallest absolute Gasteiger partial charge is 0.435 e. The van der Waals surface area contributed by atoms with Crippen LogP contribution in [0.25, 0.3) is 0 Å². The van der Waals surface area contributed by atoms with Gasteiger partial charge in [0.25, 0.3) is 0 Å². The summed E-state index contributed by atoms with van der Waals surface area (Å²) < 4.78 is 4.22. The summed E-state index contributed by atoms with van der Waals surface area (Å²) in [5, 5.41) is 8.68. The van der Waals surface area contributed by atoms with E-state index in [1.54, 1.807) is 24.3 Å². The van der Waals surface area contributed by atoms with E-state index in [1.807, 2.05) is 0 Å². The van der Waals surface area contributed by atoms with Gasteiger partial charge in [0.2, 0.25) is 0 Å². The first-order valence-electron chi connectivity index (χ1n) is 4.38. The van der Waals surface area contributed by atoms with Crippen LogP contribution < -0.4 is 4.89 Å². The third kappa shape index (κ3) is 3.86. The molecular weight excluding hydrogens is 200 g/mol. The monoisotopic (exact) mass is 212 g/mol. The van der Waals surface area contributed by atoms with Gasteiger partial charge in [0.15, 0.2) is 5.75 Å². The number of aliphatic hydroxyl groups is 1. The Morgan fingerprint density at radius 1 is 1.33 bits per heavy atom. The molecule has 0 aliphatic rings. The summed E-state index contributed by atoms with van der Waals surface area (Å²) in [5.41, 5.74) is 0.975. The lowest BCUT2D eigenvalue weighted by Crippen LogP contribution is -2.07. The fraction of sp³-hybridized carbons (Fsp3) is 0.300. The average molecular weight is 212 g/mol. The molecule has 15 heavy (non-hydrogen) atoms. The number of hydrogen-bond acceptors (Lipinski definition) is 5. The number of methoxy groups -OCH3 is 1. The van der Waals surface area contributed by atoms with E-state index in [-0.39, 0.29) is 6.61 Å². The van der Waals surface area contributed by atoms with Crippen LogP contribution in [0.2, 0.25) is 0 Å². The highest BCUT2D eigenvalue weighted by molar-refractivity contribution is 5.58. The second-order valence-electron chi connectivity index (χ2n) is 2.74. The maximum atomic E-state index is 10.6. The lowest BCUT2D eigenvalue weighted by molar-refractivity contribution is -0.164. The van der Waals surface area contributed by atoms with Gasteiger partial charge in [-0.05, 0) is 24.1 Å². The van der Waals surface area contributed by atoms with E-state index in [4.69, 9.17) is 5.11 Å². The predicted molar refractivity (Wildman–Crippen MR) is 51.3 cm³/mol. The Balaban J connectivity index is 2.45. The van der Waals surface area contributed by atoms with Crippen molar-refractivity contribution in [2.24, 2.45) is 0 Å². The van der Waals surface area contributed by atoms with Gasteiger partial charge in [-0.1, -0.05) is 12.1 Å². The van der Waals surface area contributed by atoms with Crippen molar-refractivity contribution >= 4 is 6.16 Å². The summed E-state index contributed by atoms with van der Waals surface area (Å²) in [7, 11) is 1.19.